The molecule has 3 aromatic carbocycles. The largest absolute Gasteiger partial charge is 0.497 e. The lowest BCUT2D eigenvalue weighted by Crippen LogP contribution is -2.46. The minimum atomic E-state index is -3.85. The predicted molar refractivity (Wildman–Crippen MR) is 138 cm³/mol. The number of primary sulfonamides is 1. The maximum atomic E-state index is 13.6. The van der Waals surface area contributed by atoms with Crippen molar-refractivity contribution in [3.05, 3.63) is 89.5 Å². The molecule has 194 valence electrons. The molecular weight excluding hydrogens is 508 g/mol. The van der Waals surface area contributed by atoms with E-state index in [4.69, 9.17) is 15.1 Å². The zero-order valence-electron chi connectivity index (χ0n) is 20.4. The first-order chi connectivity index (χ1) is 18.1. The summed E-state index contributed by atoms with van der Waals surface area (Å²) in [7, 11) is -2.38. The first-order valence-electron chi connectivity index (χ1n) is 11.6. The number of ether oxygens (including phenoxy) is 1. The number of sulfonamides is 1. The Bertz CT molecular complexity index is 1530. The van der Waals surface area contributed by atoms with Gasteiger partial charge in [0, 0.05) is 12.1 Å². The van der Waals surface area contributed by atoms with Crippen LogP contribution in [0.3, 0.4) is 0 Å². The van der Waals surface area contributed by atoms with Gasteiger partial charge in [-0.2, -0.15) is 5.26 Å². The van der Waals surface area contributed by atoms with Crippen LogP contribution in [-0.2, 0) is 26.0 Å². The molecule has 3 aromatic rings. The van der Waals surface area contributed by atoms with Gasteiger partial charge in [-0.15, -0.1) is 0 Å². The summed E-state index contributed by atoms with van der Waals surface area (Å²) < 4.78 is 28.3. The van der Waals surface area contributed by atoms with Crippen molar-refractivity contribution in [3.63, 3.8) is 0 Å². The number of hydrogen-bond acceptors (Lipinski definition) is 7. The Balaban J connectivity index is 1.64. The second-order valence-electron chi connectivity index (χ2n) is 8.62. The third-order valence-corrected chi connectivity index (χ3v) is 7.15. The molecule has 1 heterocycles. The first-order valence-corrected chi connectivity index (χ1v) is 13.1. The zero-order chi connectivity index (χ0) is 27.4. The van der Waals surface area contributed by atoms with Crippen molar-refractivity contribution in [1.29, 1.82) is 5.26 Å². The molecular formula is C27H24N4O6S. The van der Waals surface area contributed by atoms with Crippen LogP contribution in [0.4, 0.5) is 5.69 Å². The quantitative estimate of drug-likeness (QED) is 0.437. The summed E-state index contributed by atoms with van der Waals surface area (Å²) in [5.41, 5.74) is 1.69. The fraction of sp³-hybridized carbons (Fsp3) is 0.185. The molecule has 0 aliphatic carbocycles. The molecule has 10 nitrogen and oxygen atoms in total. The smallest absolute Gasteiger partial charge is 0.257 e. The highest BCUT2D eigenvalue weighted by Crippen LogP contribution is 2.28. The van der Waals surface area contributed by atoms with Crippen LogP contribution in [-0.4, -0.2) is 50.7 Å². The van der Waals surface area contributed by atoms with Crippen molar-refractivity contribution in [3.8, 4) is 11.8 Å². The highest BCUT2D eigenvalue weighted by atomic mass is 32.2. The monoisotopic (exact) mass is 532 g/mol. The number of hydrogen-bond donors (Lipinski definition) is 1. The summed E-state index contributed by atoms with van der Waals surface area (Å²) in [6.07, 6.45) is 0.0777. The topological polar surface area (TPSA) is 151 Å². The molecule has 1 saturated heterocycles. The lowest BCUT2D eigenvalue weighted by Gasteiger charge is -2.28. The minimum Gasteiger partial charge on any atom is -0.497 e. The van der Waals surface area contributed by atoms with E-state index in [1.54, 1.807) is 36.4 Å². The Morgan fingerprint density at radius 3 is 2.39 bits per heavy atom. The van der Waals surface area contributed by atoms with E-state index in [-0.39, 0.29) is 29.8 Å². The van der Waals surface area contributed by atoms with Gasteiger partial charge in [0.05, 0.1) is 35.7 Å². The molecule has 1 fully saturated rings. The number of carbonyl (C=O) groups is 3. The first kappa shape index (κ1) is 26.5. The van der Waals surface area contributed by atoms with Crippen molar-refractivity contribution >= 4 is 33.4 Å². The normalized spacial score (nSPS) is 15.3. The lowest BCUT2D eigenvalue weighted by atomic mass is 10.1. The number of nitrogens with two attached hydrogens (primary N) is 1. The average molecular weight is 533 g/mol. The third kappa shape index (κ3) is 5.56. The van der Waals surface area contributed by atoms with Gasteiger partial charge in [0.2, 0.25) is 15.9 Å². The molecule has 3 amide bonds. The number of anilines is 1. The van der Waals surface area contributed by atoms with Crippen LogP contribution >= 0.6 is 0 Å². The Kier molecular flexibility index (Phi) is 7.57. The van der Waals surface area contributed by atoms with E-state index in [2.05, 4.69) is 0 Å². The van der Waals surface area contributed by atoms with Gasteiger partial charge in [-0.3, -0.25) is 14.4 Å². The SMILES string of the molecule is COc1cccc(C(=O)N(CCc2ccc(S(N)(=O)=O)cc2)C2CC(=O)N(c3ccc(C#N)cc3)C2=O)c1. The van der Waals surface area contributed by atoms with Crippen LogP contribution < -0.4 is 14.8 Å². The number of methoxy groups -OCH3 is 1. The average Bonchev–Trinajstić information content (AvgIpc) is 3.21. The Morgan fingerprint density at radius 2 is 1.79 bits per heavy atom. The molecule has 0 aromatic heterocycles. The molecule has 1 aliphatic heterocycles. The van der Waals surface area contributed by atoms with Crippen molar-refractivity contribution in [2.24, 2.45) is 5.14 Å². The molecule has 1 aliphatic rings. The van der Waals surface area contributed by atoms with E-state index in [1.165, 1.54) is 48.4 Å². The second kappa shape index (κ2) is 10.8. The highest BCUT2D eigenvalue weighted by Gasteiger charge is 2.44. The van der Waals surface area contributed by atoms with Crippen LogP contribution in [0, 0.1) is 11.3 Å². The summed E-state index contributed by atoms with van der Waals surface area (Å²) in [5.74, 6) is -1.02. The molecule has 0 saturated carbocycles. The molecule has 0 spiro atoms. The fourth-order valence-corrected chi connectivity index (χ4v) is 4.75. The molecule has 11 heteroatoms. The van der Waals surface area contributed by atoms with Crippen molar-refractivity contribution in [2.75, 3.05) is 18.6 Å². The van der Waals surface area contributed by atoms with Gasteiger partial charge in [0.1, 0.15) is 11.8 Å². The number of amides is 3. The molecule has 1 atom stereocenters. The second-order valence-corrected chi connectivity index (χ2v) is 10.2. The molecule has 1 unspecified atom stereocenters. The summed E-state index contributed by atoms with van der Waals surface area (Å²) in [4.78, 5) is 42.4. The van der Waals surface area contributed by atoms with Crippen LogP contribution in [0.1, 0.15) is 27.9 Å². The molecule has 4 rings (SSSR count). The molecule has 2 N–H and O–H groups in total. The Labute approximate surface area is 219 Å². The Morgan fingerprint density at radius 1 is 1.11 bits per heavy atom. The number of benzene rings is 3. The lowest BCUT2D eigenvalue weighted by molar-refractivity contribution is -0.122. The van der Waals surface area contributed by atoms with Gasteiger partial charge in [-0.25, -0.2) is 18.5 Å². The number of nitrogens with zero attached hydrogens (tertiary/aromatic N) is 3. The molecule has 38 heavy (non-hydrogen) atoms. The summed E-state index contributed by atoms with van der Waals surface area (Å²) in [6, 6.07) is 19.4. The molecule has 0 bridgehead atoms. The van der Waals surface area contributed by atoms with Gasteiger partial charge >= 0.3 is 0 Å². The van der Waals surface area contributed by atoms with Gasteiger partial charge in [-0.05, 0) is 66.6 Å². The van der Waals surface area contributed by atoms with Gasteiger partial charge in [0.25, 0.3) is 11.8 Å². The summed E-state index contributed by atoms with van der Waals surface area (Å²) in [5, 5.41) is 14.2. The maximum absolute atomic E-state index is 13.6. The number of nitriles is 1. The van der Waals surface area contributed by atoms with E-state index >= 15 is 0 Å². The van der Waals surface area contributed by atoms with Gasteiger partial charge in [-0.1, -0.05) is 18.2 Å². The van der Waals surface area contributed by atoms with E-state index < -0.39 is 33.8 Å². The number of carbonyl (C=O) groups excluding carboxylic acids is 3. The third-order valence-electron chi connectivity index (χ3n) is 6.22. The summed E-state index contributed by atoms with van der Waals surface area (Å²) in [6.45, 7) is 0.0790. The van der Waals surface area contributed by atoms with Gasteiger partial charge in [0.15, 0.2) is 0 Å². The van der Waals surface area contributed by atoms with Crippen molar-refractivity contribution < 1.29 is 27.5 Å². The van der Waals surface area contributed by atoms with Crippen molar-refractivity contribution in [1.82, 2.24) is 4.90 Å². The number of imide groups is 1. The van der Waals surface area contributed by atoms with Crippen LogP contribution in [0.15, 0.2) is 77.7 Å². The number of rotatable bonds is 8. The molecule has 0 radical (unpaired) electrons. The van der Waals surface area contributed by atoms with Crippen LogP contribution in [0.25, 0.3) is 0 Å². The van der Waals surface area contributed by atoms with E-state index in [0.717, 1.165) is 4.90 Å². The van der Waals surface area contributed by atoms with E-state index in [0.29, 0.717) is 22.6 Å². The van der Waals surface area contributed by atoms with E-state index in [1.807, 2.05) is 6.07 Å². The van der Waals surface area contributed by atoms with Crippen molar-refractivity contribution in [2.45, 2.75) is 23.8 Å². The van der Waals surface area contributed by atoms with E-state index in [9.17, 15) is 22.8 Å². The van der Waals surface area contributed by atoms with Crippen LogP contribution in [0.5, 0.6) is 5.75 Å². The predicted octanol–water partition coefficient (Wildman–Crippen LogP) is 2.23. The minimum absolute atomic E-state index is 0.0415. The summed E-state index contributed by atoms with van der Waals surface area (Å²) >= 11 is 0. The standard InChI is InChI=1S/C27H24N4O6S/c1-37-22-4-2-3-20(15-22)26(33)30(14-13-18-7-11-23(12-8-18)38(29,35)36)24-16-25(32)31(27(24)34)21-9-5-19(17-28)6-10-21/h2-12,15,24H,13-14,16H2,1H3,(H2,29,35,36). The zero-order valence-corrected chi connectivity index (χ0v) is 21.2. The maximum Gasteiger partial charge on any atom is 0.257 e. The van der Waals surface area contributed by atoms with Crippen LogP contribution in [0.2, 0.25) is 0 Å². The highest BCUT2D eigenvalue weighted by molar-refractivity contribution is 7.89. The Hall–Kier alpha value is -4.53. The van der Waals surface area contributed by atoms with Gasteiger partial charge < -0.3 is 9.64 Å². The fourth-order valence-electron chi connectivity index (χ4n) is 4.23.